The minimum absolute atomic E-state index is 0.0224. The molecule has 0 aromatic carbocycles. The Bertz CT molecular complexity index is 1300. The van der Waals surface area contributed by atoms with Gasteiger partial charge in [-0.3, -0.25) is 15.4 Å². The lowest BCUT2D eigenvalue weighted by Crippen LogP contribution is -2.54. The lowest BCUT2D eigenvalue weighted by Gasteiger charge is -2.52. The van der Waals surface area contributed by atoms with Gasteiger partial charge in [0.2, 0.25) is 0 Å². The fourth-order valence-electron chi connectivity index (χ4n) is 5.71. The lowest BCUT2D eigenvalue weighted by atomic mass is 9.85. The number of nitrogens with zero attached hydrogens (tertiary/aromatic N) is 4. The highest BCUT2D eigenvalue weighted by atomic mass is 35.5. The first-order valence-corrected chi connectivity index (χ1v) is 14.8. The number of ether oxygens (including phenoxy) is 2. The van der Waals surface area contributed by atoms with Crippen LogP contribution in [0.25, 0.3) is 0 Å². The van der Waals surface area contributed by atoms with Gasteiger partial charge in [-0.2, -0.15) is 0 Å². The second-order valence-electron chi connectivity index (χ2n) is 10.7. The molecule has 1 aromatic rings. The van der Waals surface area contributed by atoms with E-state index in [0.717, 1.165) is 48.4 Å². The molecule has 0 radical (unpaired) electrons. The third-order valence-corrected chi connectivity index (χ3v) is 7.73. The predicted octanol–water partition coefficient (Wildman–Crippen LogP) is 3.98. The normalized spacial score (nSPS) is 21.7. The summed E-state index contributed by atoms with van der Waals surface area (Å²) in [4.78, 5) is 24.5. The van der Waals surface area contributed by atoms with E-state index in [1.807, 2.05) is 36.7 Å². The number of hydrogen-bond donors (Lipinski definition) is 4. The second kappa shape index (κ2) is 14.4. The Labute approximate surface area is 252 Å². The monoisotopic (exact) mass is 596 g/mol. The number of primary amides is 1. The number of halogens is 1. The van der Waals surface area contributed by atoms with Crippen LogP contribution in [0, 0.1) is 17.2 Å². The minimum atomic E-state index is -1.10. The first-order valence-electron chi connectivity index (χ1n) is 14.2. The Morgan fingerprint density at radius 2 is 2.14 bits per heavy atom. The highest BCUT2D eigenvalue weighted by molar-refractivity contribution is 6.38. The molecule has 0 spiro atoms. The largest absolute Gasteiger partial charge is 0.494 e. The van der Waals surface area contributed by atoms with Gasteiger partial charge in [0.15, 0.2) is 5.84 Å². The second-order valence-corrected chi connectivity index (χ2v) is 11.0. The summed E-state index contributed by atoms with van der Waals surface area (Å²) in [7, 11) is 1.50. The zero-order valence-corrected chi connectivity index (χ0v) is 25.2. The molecule has 1 aliphatic carbocycles. The van der Waals surface area contributed by atoms with E-state index in [9.17, 15) is 4.79 Å². The summed E-state index contributed by atoms with van der Waals surface area (Å²) >= 11 is 6.24. The van der Waals surface area contributed by atoms with Crippen molar-refractivity contribution in [1.82, 2.24) is 20.1 Å². The van der Waals surface area contributed by atoms with Gasteiger partial charge < -0.3 is 36.1 Å². The van der Waals surface area contributed by atoms with Gasteiger partial charge in [0.1, 0.15) is 12.4 Å². The Morgan fingerprint density at radius 1 is 1.38 bits per heavy atom. The third-order valence-electron chi connectivity index (χ3n) is 7.58. The molecule has 1 saturated heterocycles. The van der Waals surface area contributed by atoms with Crippen molar-refractivity contribution >= 4 is 29.4 Å². The Balaban J connectivity index is 1.82. The number of aliphatic imine (C=N–C) groups is 1. The Kier molecular flexibility index (Phi) is 10.6. The number of nitrogens with one attached hydrogen (secondary N) is 2. The summed E-state index contributed by atoms with van der Waals surface area (Å²) in [5.74, 6) is 1.42. The number of hydrogen-bond acceptors (Lipinski definition) is 9. The molecule has 3 aliphatic rings. The molecule has 4 rings (SSSR count). The number of alkyl halides is 1. The van der Waals surface area contributed by atoms with Crippen molar-refractivity contribution in [3.8, 4) is 0 Å². The molecule has 1 amide bonds. The zero-order valence-electron chi connectivity index (χ0n) is 24.5. The molecule has 42 heavy (non-hydrogen) atoms. The highest BCUT2D eigenvalue weighted by Gasteiger charge is 2.42. The van der Waals surface area contributed by atoms with E-state index in [0.29, 0.717) is 19.0 Å². The van der Waals surface area contributed by atoms with Crippen LogP contribution in [0.5, 0.6) is 0 Å². The molecule has 11 nitrogen and oxygen atoms in total. The molecule has 3 heterocycles. The minimum Gasteiger partial charge on any atom is -0.494 e. The van der Waals surface area contributed by atoms with E-state index in [2.05, 4.69) is 45.0 Å². The first kappa shape index (κ1) is 31.1. The van der Waals surface area contributed by atoms with Crippen LogP contribution < -0.4 is 16.8 Å². The SMILES string of the molecule is CN=C(NC(/C(/C=C\C(C)C)=C/CCl)=C(\CN)N1C[C@@H]2CCCC3=C2N(C1)[C@H](c1ccncc1)CO3)C(=N)OC(N)=O. The quantitative estimate of drug-likeness (QED) is 0.152. The summed E-state index contributed by atoms with van der Waals surface area (Å²) in [6, 6.07) is 4.10. The number of amides is 1. The fraction of sp³-hybridized carbons (Fsp3) is 0.467. The summed E-state index contributed by atoms with van der Waals surface area (Å²) in [6.45, 7) is 6.25. The van der Waals surface area contributed by atoms with E-state index in [1.54, 1.807) is 0 Å². The molecular weight excluding hydrogens is 556 g/mol. The molecule has 0 saturated carbocycles. The topological polar surface area (TPSA) is 155 Å². The van der Waals surface area contributed by atoms with Crippen LogP contribution in [-0.4, -0.2) is 71.9 Å². The number of aromatic nitrogens is 1. The van der Waals surface area contributed by atoms with Crippen molar-refractivity contribution in [2.24, 2.45) is 28.3 Å². The van der Waals surface area contributed by atoms with Crippen LogP contribution in [0.15, 0.2) is 76.2 Å². The maximum Gasteiger partial charge on any atom is 0.411 e. The van der Waals surface area contributed by atoms with Gasteiger partial charge in [-0.1, -0.05) is 32.1 Å². The van der Waals surface area contributed by atoms with E-state index >= 15 is 0 Å². The van der Waals surface area contributed by atoms with E-state index in [-0.39, 0.29) is 36.1 Å². The number of allylic oxidation sites excluding steroid dienone is 4. The zero-order chi connectivity index (χ0) is 30.2. The number of pyridine rings is 1. The number of amidine groups is 1. The average molecular weight is 597 g/mol. The predicted molar refractivity (Wildman–Crippen MR) is 164 cm³/mol. The van der Waals surface area contributed by atoms with Crippen LogP contribution >= 0.6 is 11.6 Å². The van der Waals surface area contributed by atoms with Gasteiger partial charge in [-0.05, 0) is 42.0 Å². The van der Waals surface area contributed by atoms with Crippen molar-refractivity contribution in [3.05, 3.63) is 76.7 Å². The molecule has 1 aromatic heterocycles. The number of carbonyl (C=O) groups is 1. The maximum atomic E-state index is 11.4. The van der Waals surface area contributed by atoms with Gasteiger partial charge in [0.05, 0.1) is 29.8 Å². The van der Waals surface area contributed by atoms with Crippen LogP contribution in [-0.2, 0) is 9.47 Å². The van der Waals surface area contributed by atoms with Crippen molar-refractivity contribution in [2.45, 2.75) is 39.2 Å². The number of nitrogens with two attached hydrogens (primary N) is 2. The van der Waals surface area contributed by atoms with Crippen molar-refractivity contribution < 1.29 is 14.3 Å². The van der Waals surface area contributed by atoms with Crippen LogP contribution in [0.4, 0.5) is 4.79 Å². The summed E-state index contributed by atoms with van der Waals surface area (Å²) < 4.78 is 11.2. The van der Waals surface area contributed by atoms with Crippen LogP contribution in [0.2, 0.25) is 0 Å². The molecular formula is C30H41ClN8O3. The Morgan fingerprint density at radius 3 is 2.79 bits per heavy atom. The van der Waals surface area contributed by atoms with Gasteiger partial charge in [-0.15, -0.1) is 11.6 Å². The lowest BCUT2D eigenvalue weighted by molar-refractivity contribution is -0.00857. The van der Waals surface area contributed by atoms with E-state index in [4.69, 9.17) is 38.0 Å². The number of rotatable bonds is 8. The van der Waals surface area contributed by atoms with Gasteiger partial charge in [0.25, 0.3) is 5.90 Å². The smallest absolute Gasteiger partial charge is 0.411 e. The van der Waals surface area contributed by atoms with Crippen molar-refractivity contribution in [1.29, 1.82) is 5.41 Å². The first-order chi connectivity index (χ1) is 20.3. The molecule has 12 heteroatoms. The molecule has 2 aliphatic heterocycles. The molecule has 6 N–H and O–H groups in total. The summed E-state index contributed by atoms with van der Waals surface area (Å²) in [6.07, 6.45) is 11.5. The summed E-state index contributed by atoms with van der Waals surface area (Å²) in [5.41, 5.74) is 16.4. The van der Waals surface area contributed by atoms with Gasteiger partial charge in [-0.25, -0.2) is 4.79 Å². The number of carbonyl (C=O) groups excluding carboxylic acids is 1. The highest BCUT2D eigenvalue weighted by Crippen LogP contribution is 2.45. The molecule has 1 fully saturated rings. The van der Waals surface area contributed by atoms with E-state index < -0.39 is 12.0 Å². The molecule has 0 unspecified atom stereocenters. The van der Waals surface area contributed by atoms with E-state index in [1.165, 1.54) is 12.7 Å². The third kappa shape index (κ3) is 7.14. The summed E-state index contributed by atoms with van der Waals surface area (Å²) in [5, 5.41) is 11.5. The average Bonchev–Trinajstić information content (AvgIpc) is 2.97. The van der Waals surface area contributed by atoms with Gasteiger partial charge in [0, 0.05) is 50.7 Å². The molecule has 226 valence electrons. The standard InChI is InChI=1S/C30H41ClN8O3/c1-19(2)7-8-21(9-12-31)26(37-29(35-3)28(33)42-30(34)40)23(15-32)38-16-22-5-4-6-25-27(22)39(18-38)24(17-41-25)20-10-13-36-14-11-20/h7-11,13-14,19,22,24,33H,4-6,12,15-18,32H2,1-3H3,(H2,34,40)(H,35,37)/b8-7-,21-9+,26-23+,33-28?/t22-,24-/m0/s1. The van der Waals surface area contributed by atoms with Crippen molar-refractivity contribution in [3.63, 3.8) is 0 Å². The van der Waals surface area contributed by atoms with Crippen molar-refractivity contribution in [2.75, 3.05) is 39.3 Å². The van der Waals surface area contributed by atoms with Gasteiger partial charge >= 0.3 is 6.09 Å². The molecule has 0 bridgehead atoms. The Hall–Kier alpha value is -3.83. The molecule has 2 atom stereocenters. The fourth-order valence-corrected chi connectivity index (χ4v) is 5.88. The van der Waals surface area contributed by atoms with Crippen LogP contribution in [0.1, 0.15) is 44.7 Å². The maximum absolute atomic E-state index is 11.4. The van der Waals surface area contributed by atoms with Crippen LogP contribution in [0.3, 0.4) is 0 Å².